The van der Waals surface area contributed by atoms with Crippen molar-refractivity contribution < 1.29 is 14.0 Å². The van der Waals surface area contributed by atoms with Crippen LogP contribution in [0.25, 0.3) is 17.0 Å². The summed E-state index contributed by atoms with van der Waals surface area (Å²) in [6.45, 7) is 0. The number of hydrogen-bond donors (Lipinski definition) is 1. The largest absolute Gasteiger partial charge is 0.463 e. The number of carbonyl (C=O) groups excluding carboxylic acids is 2. The maximum atomic E-state index is 11.4. The second kappa shape index (κ2) is 4.29. The van der Waals surface area contributed by atoms with Crippen molar-refractivity contribution in [3.63, 3.8) is 0 Å². The van der Waals surface area contributed by atoms with Gasteiger partial charge in [0, 0.05) is 5.39 Å². The Labute approximate surface area is 115 Å². The molecular weight excluding hydrogens is 318 g/mol. The quantitative estimate of drug-likeness (QED) is 0.816. The molecule has 4 nitrogen and oxygen atoms in total. The van der Waals surface area contributed by atoms with Gasteiger partial charge in [-0.3, -0.25) is 14.9 Å². The highest BCUT2D eigenvalue weighted by Gasteiger charge is 2.24. The molecule has 1 aliphatic rings. The number of furan rings is 1. The fourth-order valence-corrected chi connectivity index (χ4v) is 2.76. The summed E-state index contributed by atoms with van der Waals surface area (Å²) in [6, 6.07) is 5.56. The molecule has 1 aromatic heterocycles. The van der Waals surface area contributed by atoms with E-state index in [-0.39, 0.29) is 11.1 Å². The Morgan fingerprint density at radius 1 is 1.33 bits per heavy atom. The van der Waals surface area contributed by atoms with Gasteiger partial charge in [0.15, 0.2) is 0 Å². The molecule has 1 aromatic carbocycles. The number of thioether (sulfide) groups is 1. The molecule has 6 heteroatoms. The van der Waals surface area contributed by atoms with Gasteiger partial charge in [0.25, 0.3) is 11.1 Å². The first-order valence-corrected chi connectivity index (χ1v) is 6.66. The smallest absolute Gasteiger partial charge is 0.290 e. The maximum Gasteiger partial charge on any atom is 0.290 e. The number of halogens is 1. The third-order valence-electron chi connectivity index (χ3n) is 2.49. The van der Waals surface area contributed by atoms with Gasteiger partial charge >= 0.3 is 0 Å². The van der Waals surface area contributed by atoms with Gasteiger partial charge in [-0.2, -0.15) is 0 Å². The first-order chi connectivity index (χ1) is 8.63. The predicted octanol–water partition coefficient (Wildman–Crippen LogP) is 3.52. The first-order valence-electron chi connectivity index (χ1n) is 5.05. The minimum absolute atomic E-state index is 0.336. The van der Waals surface area contributed by atoms with Crippen molar-refractivity contribution in [3.05, 3.63) is 39.4 Å². The van der Waals surface area contributed by atoms with Crippen LogP contribution < -0.4 is 5.32 Å². The van der Waals surface area contributed by atoms with E-state index in [0.717, 1.165) is 32.8 Å². The molecule has 0 spiro atoms. The molecule has 90 valence electrons. The van der Waals surface area contributed by atoms with Crippen LogP contribution in [0, 0.1) is 0 Å². The lowest BCUT2D eigenvalue weighted by Gasteiger charge is -1.95. The topological polar surface area (TPSA) is 59.3 Å². The molecule has 1 fully saturated rings. The van der Waals surface area contributed by atoms with Crippen LogP contribution >= 0.6 is 27.7 Å². The Morgan fingerprint density at radius 3 is 2.89 bits per heavy atom. The van der Waals surface area contributed by atoms with Crippen molar-refractivity contribution in [1.29, 1.82) is 0 Å². The van der Waals surface area contributed by atoms with Gasteiger partial charge in [-0.25, -0.2) is 0 Å². The van der Waals surface area contributed by atoms with E-state index >= 15 is 0 Å². The number of benzene rings is 1. The molecule has 0 unspecified atom stereocenters. The van der Waals surface area contributed by atoms with Crippen LogP contribution in [-0.4, -0.2) is 11.1 Å². The lowest BCUT2D eigenvalue weighted by atomic mass is 10.1. The van der Waals surface area contributed by atoms with E-state index in [0.29, 0.717) is 4.91 Å². The molecule has 0 atom stereocenters. The fourth-order valence-electron chi connectivity index (χ4n) is 1.68. The third-order valence-corrected chi connectivity index (χ3v) is 3.91. The molecule has 2 amide bonds. The highest BCUT2D eigenvalue weighted by atomic mass is 79.9. The zero-order valence-electron chi connectivity index (χ0n) is 8.90. The van der Waals surface area contributed by atoms with Crippen LogP contribution in [0.15, 0.2) is 38.3 Å². The molecule has 0 bridgehead atoms. The van der Waals surface area contributed by atoms with Crippen molar-refractivity contribution >= 4 is 55.9 Å². The van der Waals surface area contributed by atoms with E-state index in [1.54, 1.807) is 12.3 Å². The second-order valence-electron chi connectivity index (χ2n) is 3.69. The molecule has 1 saturated heterocycles. The predicted molar refractivity (Wildman–Crippen MR) is 73.0 cm³/mol. The van der Waals surface area contributed by atoms with Crippen molar-refractivity contribution in [1.82, 2.24) is 5.32 Å². The minimum atomic E-state index is -0.351. The number of amides is 2. The van der Waals surface area contributed by atoms with Crippen molar-refractivity contribution in [2.45, 2.75) is 0 Å². The third kappa shape index (κ3) is 1.97. The van der Waals surface area contributed by atoms with E-state index in [1.165, 1.54) is 0 Å². The second-order valence-corrected chi connectivity index (χ2v) is 5.56. The molecular formula is C12H6BrNO3S. The molecule has 0 aliphatic carbocycles. The molecule has 3 rings (SSSR count). The highest BCUT2D eigenvalue weighted by Crippen LogP contribution is 2.30. The summed E-state index contributed by atoms with van der Waals surface area (Å²) in [5.74, 6) is -0.351. The Kier molecular flexibility index (Phi) is 2.76. The Balaban J connectivity index is 2.04. The minimum Gasteiger partial charge on any atom is -0.463 e. The van der Waals surface area contributed by atoms with Crippen molar-refractivity contribution in [3.8, 4) is 0 Å². The van der Waals surface area contributed by atoms with E-state index < -0.39 is 0 Å². The SMILES string of the molecule is O=C1NC(=O)/C(=C/c2ccc3occ(Br)c3c2)S1. The Hall–Kier alpha value is -1.53. The molecule has 0 saturated carbocycles. The summed E-state index contributed by atoms with van der Waals surface area (Å²) < 4.78 is 6.16. The average molecular weight is 324 g/mol. The summed E-state index contributed by atoms with van der Waals surface area (Å²) in [6.07, 6.45) is 3.30. The van der Waals surface area contributed by atoms with Crippen LogP contribution in [0.1, 0.15) is 5.56 Å². The van der Waals surface area contributed by atoms with Crippen LogP contribution in [0.5, 0.6) is 0 Å². The van der Waals surface area contributed by atoms with E-state index in [9.17, 15) is 9.59 Å². The molecule has 1 N–H and O–H groups in total. The normalized spacial score (nSPS) is 17.7. The van der Waals surface area contributed by atoms with Crippen molar-refractivity contribution in [2.24, 2.45) is 0 Å². The molecule has 0 radical (unpaired) electrons. The number of carbonyl (C=O) groups is 2. The fraction of sp³-hybridized carbons (Fsp3) is 0. The molecule has 2 aromatic rings. The van der Waals surface area contributed by atoms with Crippen LogP contribution in [0.2, 0.25) is 0 Å². The van der Waals surface area contributed by atoms with Gasteiger partial charge in [-0.1, -0.05) is 6.07 Å². The van der Waals surface area contributed by atoms with Gasteiger partial charge in [-0.15, -0.1) is 0 Å². The number of imide groups is 1. The van der Waals surface area contributed by atoms with E-state index in [4.69, 9.17) is 4.42 Å². The lowest BCUT2D eigenvalue weighted by Crippen LogP contribution is -2.17. The van der Waals surface area contributed by atoms with Crippen LogP contribution in [0.4, 0.5) is 4.79 Å². The van der Waals surface area contributed by atoms with Gasteiger partial charge in [0.1, 0.15) is 11.8 Å². The van der Waals surface area contributed by atoms with Gasteiger partial charge in [0.05, 0.1) is 9.38 Å². The zero-order chi connectivity index (χ0) is 12.7. The summed E-state index contributed by atoms with van der Waals surface area (Å²) in [4.78, 5) is 22.9. The number of fused-ring (bicyclic) bond motifs is 1. The molecule has 18 heavy (non-hydrogen) atoms. The maximum absolute atomic E-state index is 11.4. The van der Waals surface area contributed by atoms with Crippen LogP contribution in [0.3, 0.4) is 0 Å². The number of rotatable bonds is 1. The first kappa shape index (κ1) is 11.6. The summed E-state index contributed by atoms with van der Waals surface area (Å²) in [5, 5.41) is 2.81. The van der Waals surface area contributed by atoms with E-state index in [2.05, 4.69) is 21.2 Å². The number of hydrogen-bond acceptors (Lipinski definition) is 4. The van der Waals surface area contributed by atoms with Crippen molar-refractivity contribution in [2.75, 3.05) is 0 Å². The lowest BCUT2D eigenvalue weighted by molar-refractivity contribution is -0.115. The van der Waals surface area contributed by atoms with Gasteiger partial charge in [0.2, 0.25) is 0 Å². The molecule has 2 heterocycles. The Bertz CT molecular complexity index is 704. The zero-order valence-corrected chi connectivity index (χ0v) is 11.3. The monoisotopic (exact) mass is 323 g/mol. The number of nitrogens with one attached hydrogen (secondary N) is 1. The Morgan fingerprint density at radius 2 is 2.17 bits per heavy atom. The molecule has 1 aliphatic heterocycles. The average Bonchev–Trinajstić information content (AvgIpc) is 2.84. The summed E-state index contributed by atoms with van der Waals surface area (Å²) in [7, 11) is 0. The summed E-state index contributed by atoms with van der Waals surface area (Å²) in [5.41, 5.74) is 1.61. The van der Waals surface area contributed by atoms with E-state index in [1.807, 2.05) is 18.2 Å². The standard InChI is InChI=1S/C12H6BrNO3S/c13-8-5-17-9-2-1-6(3-7(8)9)4-10-11(15)14-12(16)18-10/h1-5H,(H,14,15,16)/b10-4-. The van der Waals surface area contributed by atoms with Crippen LogP contribution in [-0.2, 0) is 4.79 Å². The highest BCUT2D eigenvalue weighted by molar-refractivity contribution is 9.10. The van der Waals surface area contributed by atoms with Gasteiger partial charge < -0.3 is 4.42 Å². The summed E-state index contributed by atoms with van der Waals surface area (Å²) >= 11 is 4.29. The van der Waals surface area contributed by atoms with Gasteiger partial charge in [-0.05, 0) is 51.5 Å².